The first-order valence-corrected chi connectivity index (χ1v) is 10.7. The van der Waals surface area contributed by atoms with Gasteiger partial charge >= 0.3 is 0 Å². The van der Waals surface area contributed by atoms with E-state index in [2.05, 4.69) is 5.32 Å². The van der Waals surface area contributed by atoms with Gasteiger partial charge in [-0.3, -0.25) is 9.59 Å². The van der Waals surface area contributed by atoms with Crippen LogP contribution in [0.5, 0.6) is 23.0 Å². The lowest BCUT2D eigenvalue weighted by molar-refractivity contribution is -0.133. The van der Waals surface area contributed by atoms with Crippen molar-refractivity contribution in [2.75, 3.05) is 26.0 Å². The summed E-state index contributed by atoms with van der Waals surface area (Å²) < 4.78 is 21.4. The lowest BCUT2D eigenvalue weighted by Crippen LogP contribution is -2.37. The minimum Gasteiger partial charge on any atom is -0.454 e. The van der Waals surface area contributed by atoms with Gasteiger partial charge in [0.2, 0.25) is 19.5 Å². The second kappa shape index (κ2) is 9.19. The van der Waals surface area contributed by atoms with Gasteiger partial charge in [-0.25, -0.2) is 0 Å². The van der Waals surface area contributed by atoms with Gasteiger partial charge in [0.15, 0.2) is 23.0 Å². The second-order valence-electron chi connectivity index (χ2n) is 7.77. The van der Waals surface area contributed by atoms with Crippen LogP contribution in [0.3, 0.4) is 0 Å². The molecule has 0 fully saturated rings. The zero-order chi connectivity index (χ0) is 23.5. The standard InChI is InChI=1S/C26H22N2O6/c1-28(24(29)12-8-17-7-10-20-22(13-17)33-15-31-20)25(18-5-3-2-4-6-18)26(30)27-19-9-11-21-23(14-19)34-16-32-21/h2-14,25H,15-16H2,1H3,(H,27,30)/b12-8-/t25-/m1/s1. The molecule has 0 saturated carbocycles. The van der Waals surface area contributed by atoms with E-state index in [0.29, 0.717) is 34.2 Å². The van der Waals surface area contributed by atoms with Crippen LogP contribution in [0.4, 0.5) is 5.69 Å². The summed E-state index contributed by atoms with van der Waals surface area (Å²) in [6, 6.07) is 18.9. The molecule has 0 spiro atoms. The van der Waals surface area contributed by atoms with E-state index in [1.165, 1.54) is 11.0 Å². The zero-order valence-corrected chi connectivity index (χ0v) is 18.4. The third-order valence-corrected chi connectivity index (χ3v) is 5.55. The number of carbonyl (C=O) groups is 2. The van der Waals surface area contributed by atoms with Crippen molar-refractivity contribution in [2.24, 2.45) is 0 Å². The average molecular weight is 458 g/mol. The molecular weight excluding hydrogens is 436 g/mol. The molecular formula is C26H22N2O6. The minimum atomic E-state index is -0.847. The predicted octanol–water partition coefficient (Wildman–Crippen LogP) is 4.00. The van der Waals surface area contributed by atoms with Gasteiger partial charge in [-0.1, -0.05) is 36.4 Å². The lowest BCUT2D eigenvalue weighted by atomic mass is 10.0. The van der Waals surface area contributed by atoms with Crippen LogP contribution in [0, 0.1) is 0 Å². The average Bonchev–Trinajstić information content (AvgIpc) is 3.52. The van der Waals surface area contributed by atoms with Crippen LogP contribution >= 0.6 is 0 Å². The van der Waals surface area contributed by atoms with Gasteiger partial charge in [-0.15, -0.1) is 0 Å². The number of ether oxygens (including phenoxy) is 4. The fraction of sp³-hybridized carbons (Fsp3) is 0.154. The highest BCUT2D eigenvalue weighted by molar-refractivity contribution is 6.00. The molecule has 0 bridgehead atoms. The molecule has 0 radical (unpaired) electrons. The molecule has 172 valence electrons. The molecule has 0 unspecified atom stereocenters. The number of fused-ring (bicyclic) bond motifs is 2. The van der Waals surface area contributed by atoms with Gasteiger partial charge in [-0.2, -0.15) is 0 Å². The number of hydrogen-bond donors (Lipinski definition) is 1. The largest absolute Gasteiger partial charge is 0.454 e. The lowest BCUT2D eigenvalue weighted by Gasteiger charge is -2.27. The topological polar surface area (TPSA) is 86.3 Å². The van der Waals surface area contributed by atoms with Gasteiger partial charge in [-0.05, 0) is 41.5 Å². The summed E-state index contributed by atoms with van der Waals surface area (Å²) in [5.74, 6) is 1.81. The molecule has 8 nitrogen and oxygen atoms in total. The Morgan fingerprint density at radius 3 is 2.24 bits per heavy atom. The van der Waals surface area contributed by atoms with E-state index in [4.69, 9.17) is 18.9 Å². The summed E-state index contributed by atoms with van der Waals surface area (Å²) in [6.07, 6.45) is 3.11. The number of anilines is 1. The van der Waals surface area contributed by atoms with Crippen LogP contribution in [0.15, 0.2) is 72.8 Å². The summed E-state index contributed by atoms with van der Waals surface area (Å²) in [7, 11) is 1.60. The maximum Gasteiger partial charge on any atom is 0.251 e. The Kier molecular flexibility index (Phi) is 5.78. The van der Waals surface area contributed by atoms with Gasteiger partial charge in [0.05, 0.1) is 0 Å². The van der Waals surface area contributed by atoms with Crippen molar-refractivity contribution in [2.45, 2.75) is 6.04 Å². The fourth-order valence-electron chi connectivity index (χ4n) is 3.80. The van der Waals surface area contributed by atoms with E-state index in [1.54, 1.807) is 43.5 Å². The SMILES string of the molecule is CN(C(=O)/C=C\c1ccc2c(c1)OCO2)[C@@H](C(=O)Nc1ccc2c(c1)OCO2)c1ccccc1. The molecule has 34 heavy (non-hydrogen) atoms. The third kappa shape index (κ3) is 4.38. The molecule has 2 heterocycles. The Balaban J connectivity index is 1.35. The molecule has 2 aliphatic heterocycles. The molecule has 0 aliphatic carbocycles. The van der Waals surface area contributed by atoms with Crippen molar-refractivity contribution in [3.05, 3.63) is 83.9 Å². The van der Waals surface area contributed by atoms with E-state index in [1.807, 2.05) is 36.4 Å². The van der Waals surface area contributed by atoms with E-state index in [-0.39, 0.29) is 25.4 Å². The normalized spacial score (nSPS) is 14.1. The first-order chi connectivity index (χ1) is 16.6. The van der Waals surface area contributed by atoms with Gasteiger partial charge in [0.1, 0.15) is 6.04 Å². The number of carbonyl (C=O) groups excluding carboxylic acids is 2. The highest BCUT2D eigenvalue weighted by Gasteiger charge is 2.28. The van der Waals surface area contributed by atoms with Crippen LogP contribution in [-0.2, 0) is 9.59 Å². The van der Waals surface area contributed by atoms with Gasteiger partial charge < -0.3 is 29.2 Å². The third-order valence-electron chi connectivity index (χ3n) is 5.55. The van der Waals surface area contributed by atoms with Crippen LogP contribution in [0.25, 0.3) is 6.08 Å². The molecule has 0 aromatic heterocycles. The molecule has 1 N–H and O–H groups in total. The number of rotatable bonds is 6. The maximum atomic E-state index is 13.3. The summed E-state index contributed by atoms with van der Waals surface area (Å²) in [5.41, 5.74) is 2.02. The monoisotopic (exact) mass is 458 g/mol. The zero-order valence-electron chi connectivity index (χ0n) is 18.4. The Labute approximate surface area is 196 Å². The molecule has 2 aliphatic rings. The number of nitrogens with one attached hydrogen (secondary N) is 1. The molecule has 3 aromatic rings. The summed E-state index contributed by atoms with van der Waals surface area (Å²) >= 11 is 0. The van der Waals surface area contributed by atoms with E-state index < -0.39 is 6.04 Å². The fourth-order valence-corrected chi connectivity index (χ4v) is 3.80. The number of nitrogens with zero attached hydrogens (tertiary/aromatic N) is 1. The Morgan fingerprint density at radius 2 is 1.50 bits per heavy atom. The van der Waals surface area contributed by atoms with Crippen molar-refractivity contribution < 1.29 is 28.5 Å². The molecule has 0 saturated heterocycles. The minimum absolute atomic E-state index is 0.145. The van der Waals surface area contributed by atoms with Crippen molar-refractivity contribution in [1.82, 2.24) is 4.90 Å². The van der Waals surface area contributed by atoms with Crippen molar-refractivity contribution in [1.29, 1.82) is 0 Å². The van der Waals surface area contributed by atoms with Gasteiger partial charge in [0, 0.05) is 24.9 Å². The predicted molar refractivity (Wildman–Crippen MR) is 125 cm³/mol. The van der Waals surface area contributed by atoms with Crippen LogP contribution in [0.1, 0.15) is 17.2 Å². The Hall–Kier alpha value is -4.46. The first kappa shape index (κ1) is 21.4. The second-order valence-corrected chi connectivity index (χ2v) is 7.77. The maximum absolute atomic E-state index is 13.3. The molecule has 2 amide bonds. The highest BCUT2D eigenvalue weighted by atomic mass is 16.7. The van der Waals surface area contributed by atoms with E-state index in [0.717, 1.165) is 5.56 Å². The molecule has 8 heteroatoms. The highest BCUT2D eigenvalue weighted by Crippen LogP contribution is 2.35. The van der Waals surface area contributed by atoms with Crippen molar-refractivity contribution in [3.63, 3.8) is 0 Å². The summed E-state index contributed by atoms with van der Waals surface area (Å²) in [5, 5.41) is 2.89. The first-order valence-electron chi connectivity index (χ1n) is 10.7. The number of amides is 2. The van der Waals surface area contributed by atoms with Crippen molar-refractivity contribution in [3.8, 4) is 23.0 Å². The smallest absolute Gasteiger partial charge is 0.251 e. The number of likely N-dealkylation sites (N-methyl/N-ethyl adjacent to an activating group) is 1. The quantitative estimate of drug-likeness (QED) is 0.562. The van der Waals surface area contributed by atoms with E-state index in [9.17, 15) is 9.59 Å². The number of hydrogen-bond acceptors (Lipinski definition) is 6. The molecule has 1 atom stereocenters. The van der Waals surface area contributed by atoms with Crippen LogP contribution < -0.4 is 24.3 Å². The van der Waals surface area contributed by atoms with Crippen molar-refractivity contribution >= 4 is 23.6 Å². The Bertz CT molecular complexity index is 1260. The molecule has 3 aromatic carbocycles. The van der Waals surface area contributed by atoms with Gasteiger partial charge in [0.25, 0.3) is 5.91 Å². The summed E-state index contributed by atoms with van der Waals surface area (Å²) in [4.78, 5) is 27.8. The summed E-state index contributed by atoms with van der Waals surface area (Å²) in [6.45, 7) is 0.327. The Morgan fingerprint density at radius 1 is 0.853 bits per heavy atom. The van der Waals surface area contributed by atoms with Crippen LogP contribution in [-0.4, -0.2) is 37.3 Å². The van der Waals surface area contributed by atoms with Crippen LogP contribution in [0.2, 0.25) is 0 Å². The van der Waals surface area contributed by atoms with E-state index >= 15 is 0 Å². The molecule has 5 rings (SSSR count). The number of benzene rings is 3.